The molecule has 0 atom stereocenters. The van der Waals surface area contributed by atoms with Crippen molar-refractivity contribution in [3.63, 3.8) is 0 Å². The van der Waals surface area contributed by atoms with Crippen LogP contribution in [0, 0.1) is 23.3 Å². The lowest BCUT2D eigenvalue weighted by molar-refractivity contribution is 0.0982. The summed E-state index contributed by atoms with van der Waals surface area (Å²) in [7, 11) is 3.18. The van der Waals surface area contributed by atoms with Crippen molar-refractivity contribution in [1.29, 1.82) is 0 Å². The highest BCUT2D eigenvalue weighted by Gasteiger charge is 2.22. The first-order valence-corrected chi connectivity index (χ1v) is 19.5. The van der Waals surface area contributed by atoms with E-state index >= 15 is 0 Å². The monoisotopic (exact) mass is 907 g/mol. The second-order valence-electron chi connectivity index (χ2n) is 12.0. The molecular formula is C41H30BrF4N5O6S2. The fourth-order valence-corrected chi connectivity index (χ4v) is 8.03. The van der Waals surface area contributed by atoms with Gasteiger partial charge in [0.05, 0.1) is 34.3 Å². The number of aromatic nitrogens is 3. The number of hydrogen-bond donors (Lipinski definition) is 2. The van der Waals surface area contributed by atoms with Crippen LogP contribution in [0.5, 0.6) is 23.0 Å². The summed E-state index contributed by atoms with van der Waals surface area (Å²) in [5.41, 5.74) is 12.5. The zero-order chi connectivity index (χ0) is 42.2. The molecule has 0 saturated heterocycles. The van der Waals surface area contributed by atoms with Crippen LogP contribution in [-0.2, 0) is 13.2 Å². The number of methoxy groups -OCH3 is 2. The Labute approximate surface area is 350 Å². The predicted octanol–water partition coefficient (Wildman–Crippen LogP) is 9.37. The molecule has 302 valence electrons. The lowest BCUT2D eigenvalue weighted by Crippen LogP contribution is -2.16. The van der Waals surface area contributed by atoms with Gasteiger partial charge in [-0.25, -0.2) is 27.5 Å². The van der Waals surface area contributed by atoms with Crippen LogP contribution in [0.15, 0.2) is 101 Å². The zero-order valence-electron chi connectivity index (χ0n) is 30.8. The summed E-state index contributed by atoms with van der Waals surface area (Å²) in [6.45, 7) is -0.139. The number of rotatable bonds is 13. The lowest BCUT2D eigenvalue weighted by Gasteiger charge is -2.08. The minimum absolute atomic E-state index is 0.0554. The zero-order valence-corrected chi connectivity index (χ0v) is 34.0. The number of carbonyl (C=O) groups is 2. The molecule has 18 heteroatoms. The molecule has 0 aliphatic carbocycles. The molecule has 2 amide bonds. The number of nitrogens with two attached hydrogens (primary N) is 2. The van der Waals surface area contributed by atoms with Gasteiger partial charge in [0.2, 0.25) is 0 Å². The van der Waals surface area contributed by atoms with E-state index in [1.807, 2.05) is 60.7 Å². The van der Waals surface area contributed by atoms with E-state index in [4.69, 9.17) is 30.4 Å². The molecular weight excluding hydrogens is 879 g/mol. The Morgan fingerprint density at radius 2 is 1.05 bits per heavy atom. The maximum Gasteiger partial charge on any atom is 0.254 e. The van der Waals surface area contributed by atoms with Crippen molar-refractivity contribution < 1.29 is 46.1 Å². The summed E-state index contributed by atoms with van der Waals surface area (Å²) in [6, 6.07) is 22.6. The summed E-state index contributed by atoms with van der Waals surface area (Å²) in [5.74, 6) is -5.87. The number of primary amides is 2. The van der Waals surface area contributed by atoms with E-state index < -0.39 is 46.2 Å². The van der Waals surface area contributed by atoms with Crippen molar-refractivity contribution in [2.45, 2.75) is 13.2 Å². The van der Waals surface area contributed by atoms with Gasteiger partial charge in [-0.3, -0.25) is 14.6 Å². The fourth-order valence-electron chi connectivity index (χ4n) is 5.42. The second-order valence-corrected chi connectivity index (χ2v) is 15.5. The van der Waals surface area contributed by atoms with Crippen molar-refractivity contribution in [3.8, 4) is 56.0 Å². The first kappa shape index (κ1) is 42.2. The smallest absolute Gasteiger partial charge is 0.254 e. The normalized spacial score (nSPS) is 10.7. The number of ether oxygens (including phenoxy) is 4. The molecule has 3 aromatic heterocycles. The van der Waals surface area contributed by atoms with Gasteiger partial charge in [0.1, 0.15) is 57.5 Å². The molecule has 0 bridgehead atoms. The van der Waals surface area contributed by atoms with Crippen molar-refractivity contribution in [2.24, 2.45) is 11.5 Å². The van der Waals surface area contributed by atoms with Crippen LogP contribution < -0.4 is 30.4 Å². The number of thiazole rings is 2. The second kappa shape index (κ2) is 18.9. The maximum absolute atomic E-state index is 14.5. The largest absolute Gasteiger partial charge is 0.497 e. The molecule has 0 saturated carbocycles. The Balaban J connectivity index is 0.000000201. The van der Waals surface area contributed by atoms with Crippen molar-refractivity contribution >= 4 is 50.4 Å². The summed E-state index contributed by atoms with van der Waals surface area (Å²) >= 11 is 6.15. The highest BCUT2D eigenvalue weighted by molar-refractivity contribution is 9.11. The van der Waals surface area contributed by atoms with Gasteiger partial charge in [0, 0.05) is 23.5 Å². The summed E-state index contributed by atoms with van der Waals surface area (Å²) < 4.78 is 77.9. The summed E-state index contributed by atoms with van der Waals surface area (Å²) in [6.07, 6.45) is 3.37. The van der Waals surface area contributed by atoms with Crippen LogP contribution >= 0.6 is 38.6 Å². The summed E-state index contributed by atoms with van der Waals surface area (Å²) in [5, 5.41) is 1.13. The Kier molecular flexibility index (Phi) is 13.5. The molecule has 11 nitrogen and oxygen atoms in total. The number of hydrogen-bond acceptors (Lipinski definition) is 11. The van der Waals surface area contributed by atoms with E-state index in [0.29, 0.717) is 15.7 Å². The molecule has 4 aromatic carbocycles. The number of carbonyl (C=O) groups excluding carboxylic acids is 2. The number of pyridine rings is 1. The van der Waals surface area contributed by atoms with Gasteiger partial charge < -0.3 is 30.4 Å². The van der Waals surface area contributed by atoms with E-state index in [1.54, 1.807) is 26.6 Å². The van der Waals surface area contributed by atoms with E-state index in [1.165, 1.54) is 22.7 Å². The van der Waals surface area contributed by atoms with Crippen LogP contribution in [0.4, 0.5) is 17.6 Å². The number of halogens is 5. The fraction of sp³-hybridized carbons (Fsp3) is 0.0976. The van der Waals surface area contributed by atoms with Crippen molar-refractivity contribution in [3.05, 3.63) is 146 Å². The van der Waals surface area contributed by atoms with E-state index in [0.717, 1.165) is 66.8 Å². The molecule has 3 heterocycles. The Bertz CT molecular complexity index is 2610. The Hall–Kier alpha value is -6.37. The van der Waals surface area contributed by atoms with Crippen LogP contribution in [-0.4, -0.2) is 41.0 Å². The third kappa shape index (κ3) is 9.85. The Morgan fingerprint density at radius 3 is 1.51 bits per heavy atom. The molecule has 0 spiro atoms. The molecule has 7 aromatic rings. The van der Waals surface area contributed by atoms with Gasteiger partial charge in [0.15, 0.2) is 23.1 Å². The molecule has 0 aliphatic heterocycles. The van der Waals surface area contributed by atoms with Gasteiger partial charge in [0.25, 0.3) is 11.8 Å². The van der Waals surface area contributed by atoms with Gasteiger partial charge in [-0.1, -0.05) is 0 Å². The maximum atomic E-state index is 14.5. The Morgan fingerprint density at radius 1 is 0.610 bits per heavy atom. The highest BCUT2D eigenvalue weighted by atomic mass is 79.9. The molecule has 7 rings (SSSR count). The van der Waals surface area contributed by atoms with Gasteiger partial charge >= 0.3 is 0 Å². The average Bonchev–Trinajstić information content (AvgIpc) is 3.84. The number of amides is 2. The SMILES string of the molecule is COc1ccc(-c2nc(COc3ccc(F)c(C(N)=O)c3F)sc2-c2ccncc2)cc1.COc1ccc(-c2nc(COc3ccc(F)c(C(N)=O)c3F)sc2Br)cc1. The van der Waals surface area contributed by atoms with Gasteiger partial charge in [-0.15, -0.1) is 22.7 Å². The summed E-state index contributed by atoms with van der Waals surface area (Å²) in [4.78, 5) is 36.6. The highest BCUT2D eigenvalue weighted by Crippen LogP contribution is 2.38. The van der Waals surface area contributed by atoms with E-state index in [-0.39, 0.29) is 24.7 Å². The van der Waals surface area contributed by atoms with Crippen LogP contribution in [0.25, 0.3) is 33.0 Å². The van der Waals surface area contributed by atoms with Crippen LogP contribution in [0.2, 0.25) is 0 Å². The third-order valence-corrected chi connectivity index (χ3v) is 11.0. The first-order chi connectivity index (χ1) is 28.4. The molecule has 59 heavy (non-hydrogen) atoms. The van der Waals surface area contributed by atoms with Crippen molar-refractivity contribution in [1.82, 2.24) is 15.0 Å². The van der Waals surface area contributed by atoms with E-state index in [2.05, 4.69) is 30.9 Å². The molecule has 0 radical (unpaired) electrons. The standard InChI is InChI=1S/C23H17F2N3O3S.C18H13BrF2N2O3S/c1-30-15-4-2-13(3-5-15)21-22(14-8-10-27-11-9-14)32-18(28-21)12-31-17-7-6-16(24)19(20(17)25)23(26)29;1-25-10-4-2-9(3-5-10)16-17(19)27-13(23-16)8-26-12-7-6-11(20)14(15(12)21)18(22)24/h2-11H,12H2,1H3,(H2,26,29);2-7H,8H2,1H3,(H2,22,24). The minimum atomic E-state index is -1.21. The van der Waals surface area contributed by atoms with E-state index in [9.17, 15) is 27.2 Å². The van der Waals surface area contributed by atoms with Crippen LogP contribution in [0.1, 0.15) is 30.7 Å². The quantitative estimate of drug-likeness (QED) is 0.107. The molecule has 4 N–H and O–H groups in total. The topological polar surface area (TPSA) is 162 Å². The van der Waals surface area contributed by atoms with Gasteiger partial charge in [-0.05, 0) is 106 Å². The lowest BCUT2D eigenvalue weighted by atomic mass is 10.1. The van der Waals surface area contributed by atoms with Gasteiger partial charge in [-0.2, -0.15) is 0 Å². The van der Waals surface area contributed by atoms with Crippen molar-refractivity contribution in [2.75, 3.05) is 14.2 Å². The number of benzene rings is 4. The first-order valence-electron chi connectivity index (χ1n) is 17.0. The predicted molar refractivity (Wildman–Crippen MR) is 218 cm³/mol. The molecule has 0 unspecified atom stereocenters. The average molecular weight is 909 g/mol. The molecule has 0 fully saturated rings. The third-order valence-electron chi connectivity index (χ3n) is 8.28. The van der Waals surface area contributed by atoms with Crippen LogP contribution in [0.3, 0.4) is 0 Å². The molecule has 0 aliphatic rings. The minimum Gasteiger partial charge on any atom is -0.497 e. The number of nitrogens with zero attached hydrogens (tertiary/aromatic N) is 3.